The van der Waals surface area contributed by atoms with E-state index in [2.05, 4.69) is 11.8 Å². The van der Waals surface area contributed by atoms with E-state index in [1.165, 1.54) is 14.2 Å². The second-order valence-electron chi connectivity index (χ2n) is 2.81. The summed E-state index contributed by atoms with van der Waals surface area (Å²) >= 11 is 0. The molecule has 3 nitrogen and oxygen atoms in total. The number of methoxy groups -OCH3 is 2. The fraction of sp³-hybridized carbons (Fsp3) is 0.250. The number of ether oxygens (including phenoxy) is 2. The minimum atomic E-state index is -0.241. The van der Waals surface area contributed by atoms with Crippen LogP contribution < -0.4 is 9.47 Å². The van der Waals surface area contributed by atoms with Gasteiger partial charge in [0.05, 0.1) is 14.2 Å². The monoisotopic (exact) mass is 204 g/mol. The number of benzene rings is 1. The first-order chi connectivity index (χ1) is 7.21. The van der Waals surface area contributed by atoms with E-state index < -0.39 is 0 Å². The van der Waals surface area contributed by atoms with Crippen molar-refractivity contribution in [3.05, 3.63) is 23.8 Å². The van der Waals surface area contributed by atoms with Crippen molar-refractivity contribution < 1.29 is 14.3 Å². The molecule has 0 aromatic heterocycles. The van der Waals surface area contributed by atoms with Crippen LogP contribution in [0.15, 0.2) is 18.2 Å². The molecule has 1 aromatic rings. The Kier molecular flexibility index (Phi) is 3.75. The molecule has 0 N–H and O–H groups in total. The van der Waals surface area contributed by atoms with Crippen LogP contribution in [0.25, 0.3) is 0 Å². The van der Waals surface area contributed by atoms with Crippen LogP contribution in [0.4, 0.5) is 0 Å². The molecule has 3 heteroatoms. The van der Waals surface area contributed by atoms with Crippen LogP contribution in [0.2, 0.25) is 0 Å². The van der Waals surface area contributed by atoms with Gasteiger partial charge in [0, 0.05) is 11.6 Å². The molecule has 0 fully saturated rings. The Labute approximate surface area is 89.0 Å². The SMILES string of the molecule is CC#CC(=O)c1cc(OC)cc(OC)c1. The summed E-state index contributed by atoms with van der Waals surface area (Å²) in [6.07, 6.45) is 0. The highest BCUT2D eigenvalue weighted by molar-refractivity contribution is 6.09. The van der Waals surface area contributed by atoms with Crippen LogP contribution in [-0.2, 0) is 0 Å². The van der Waals surface area contributed by atoms with Crippen LogP contribution in [-0.4, -0.2) is 20.0 Å². The Morgan fingerprint density at radius 2 is 1.67 bits per heavy atom. The summed E-state index contributed by atoms with van der Waals surface area (Å²) in [5.74, 6) is 5.94. The molecule has 78 valence electrons. The third kappa shape index (κ3) is 2.75. The number of carbonyl (C=O) groups is 1. The van der Waals surface area contributed by atoms with Crippen LogP contribution >= 0.6 is 0 Å². The molecule has 0 aliphatic heterocycles. The number of rotatable bonds is 3. The van der Waals surface area contributed by atoms with Gasteiger partial charge in [-0.3, -0.25) is 4.79 Å². The van der Waals surface area contributed by atoms with Crippen molar-refractivity contribution in [2.75, 3.05) is 14.2 Å². The third-order valence-corrected chi connectivity index (χ3v) is 1.85. The predicted octanol–water partition coefficient (Wildman–Crippen LogP) is 1.91. The molecular weight excluding hydrogens is 192 g/mol. The maximum atomic E-state index is 11.5. The quantitative estimate of drug-likeness (QED) is 0.428. The lowest BCUT2D eigenvalue weighted by atomic mass is 10.1. The molecule has 0 aliphatic rings. The molecule has 0 atom stereocenters. The molecule has 0 radical (unpaired) electrons. The molecule has 0 spiro atoms. The average molecular weight is 204 g/mol. The molecular formula is C12H12O3. The number of carbonyl (C=O) groups excluding carboxylic acids is 1. The van der Waals surface area contributed by atoms with E-state index in [0.717, 1.165) is 0 Å². The van der Waals surface area contributed by atoms with E-state index in [1.54, 1.807) is 25.1 Å². The molecule has 0 amide bonds. The minimum Gasteiger partial charge on any atom is -0.497 e. The van der Waals surface area contributed by atoms with Crippen molar-refractivity contribution in [1.29, 1.82) is 0 Å². The highest BCUT2D eigenvalue weighted by Crippen LogP contribution is 2.22. The van der Waals surface area contributed by atoms with E-state index in [4.69, 9.17) is 9.47 Å². The normalized spacial score (nSPS) is 8.73. The Hall–Kier alpha value is -1.95. The lowest BCUT2D eigenvalue weighted by molar-refractivity contribution is 0.105. The van der Waals surface area contributed by atoms with Gasteiger partial charge in [0.1, 0.15) is 11.5 Å². The smallest absolute Gasteiger partial charge is 0.236 e. The van der Waals surface area contributed by atoms with Crippen molar-refractivity contribution in [2.24, 2.45) is 0 Å². The van der Waals surface area contributed by atoms with Crippen LogP contribution in [0.5, 0.6) is 11.5 Å². The minimum absolute atomic E-state index is 0.241. The number of hydrogen-bond donors (Lipinski definition) is 0. The molecule has 1 rings (SSSR count). The van der Waals surface area contributed by atoms with Gasteiger partial charge in [0.15, 0.2) is 0 Å². The standard InChI is InChI=1S/C12H12O3/c1-4-5-12(13)9-6-10(14-2)8-11(7-9)15-3/h6-8H,1-3H3. The van der Waals surface area contributed by atoms with E-state index in [-0.39, 0.29) is 5.78 Å². The van der Waals surface area contributed by atoms with E-state index in [9.17, 15) is 4.79 Å². The van der Waals surface area contributed by atoms with Gasteiger partial charge < -0.3 is 9.47 Å². The Morgan fingerprint density at radius 3 is 2.07 bits per heavy atom. The zero-order valence-corrected chi connectivity index (χ0v) is 8.96. The Morgan fingerprint density at radius 1 is 1.13 bits per heavy atom. The van der Waals surface area contributed by atoms with Crippen molar-refractivity contribution >= 4 is 5.78 Å². The molecule has 0 unspecified atom stereocenters. The van der Waals surface area contributed by atoms with Gasteiger partial charge >= 0.3 is 0 Å². The lowest BCUT2D eigenvalue weighted by Gasteiger charge is -2.05. The summed E-state index contributed by atoms with van der Waals surface area (Å²) in [4.78, 5) is 11.5. The number of ketones is 1. The van der Waals surface area contributed by atoms with E-state index in [0.29, 0.717) is 17.1 Å². The Bertz CT molecular complexity index is 402. The van der Waals surface area contributed by atoms with Crippen molar-refractivity contribution in [3.63, 3.8) is 0 Å². The van der Waals surface area contributed by atoms with E-state index >= 15 is 0 Å². The molecule has 0 aliphatic carbocycles. The van der Waals surface area contributed by atoms with Crippen molar-refractivity contribution in [3.8, 4) is 23.3 Å². The van der Waals surface area contributed by atoms with Crippen molar-refractivity contribution in [2.45, 2.75) is 6.92 Å². The first-order valence-electron chi connectivity index (χ1n) is 4.41. The molecule has 0 heterocycles. The van der Waals surface area contributed by atoms with Gasteiger partial charge in [-0.1, -0.05) is 5.92 Å². The first kappa shape index (κ1) is 11.1. The second kappa shape index (κ2) is 5.06. The first-order valence-corrected chi connectivity index (χ1v) is 4.41. The van der Waals surface area contributed by atoms with Crippen LogP contribution in [0.1, 0.15) is 17.3 Å². The highest BCUT2D eigenvalue weighted by atomic mass is 16.5. The van der Waals surface area contributed by atoms with Gasteiger partial charge in [-0.05, 0) is 25.0 Å². The lowest BCUT2D eigenvalue weighted by Crippen LogP contribution is -1.97. The molecule has 0 bridgehead atoms. The summed E-state index contributed by atoms with van der Waals surface area (Å²) in [6.45, 7) is 1.62. The fourth-order valence-electron chi connectivity index (χ4n) is 1.12. The maximum absolute atomic E-state index is 11.5. The highest BCUT2D eigenvalue weighted by Gasteiger charge is 2.07. The van der Waals surface area contributed by atoms with Crippen LogP contribution in [0.3, 0.4) is 0 Å². The molecule has 1 aromatic carbocycles. The molecule has 15 heavy (non-hydrogen) atoms. The van der Waals surface area contributed by atoms with E-state index in [1.807, 2.05) is 0 Å². The summed E-state index contributed by atoms with van der Waals surface area (Å²) in [7, 11) is 3.07. The largest absolute Gasteiger partial charge is 0.497 e. The average Bonchev–Trinajstić information content (AvgIpc) is 2.28. The zero-order valence-electron chi connectivity index (χ0n) is 8.96. The van der Waals surface area contributed by atoms with Gasteiger partial charge in [0.25, 0.3) is 0 Å². The van der Waals surface area contributed by atoms with Crippen molar-refractivity contribution in [1.82, 2.24) is 0 Å². The zero-order chi connectivity index (χ0) is 11.3. The summed E-state index contributed by atoms with van der Waals surface area (Å²) < 4.78 is 10.1. The second-order valence-corrected chi connectivity index (χ2v) is 2.81. The summed E-state index contributed by atoms with van der Waals surface area (Å²) in [5, 5.41) is 0. The fourth-order valence-corrected chi connectivity index (χ4v) is 1.12. The summed E-state index contributed by atoms with van der Waals surface area (Å²) in [5.41, 5.74) is 0.473. The number of hydrogen-bond acceptors (Lipinski definition) is 3. The Balaban J connectivity index is 3.15. The topological polar surface area (TPSA) is 35.5 Å². The van der Waals surface area contributed by atoms with Gasteiger partial charge in [0.2, 0.25) is 5.78 Å². The summed E-state index contributed by atoms with van der Waals surface area (Å²) in [6, 6.07) is 4.97. The maximum Gasteiger partial charge on any atom is 0.236 e. The number of Topliss-reactive ketones (excluding diaryl/α,β-unsaturated/α-hetero) is 1. The molecule has 0 saturated heterocycles. The van der Waals surface area contributed by atoms with Crippen LogP contribution in [0, 0.1) is 11.8 Å². The third-order valence-electron chi connectivity index (χ3n) is 1.85. The van der Waals surface area contributed by atoms with Gasteiger partial charge in [-0.15, -0.1) is 0 Å². The van der Waals surface area contributed by atoms with Gasteiger partial charge in [-0.25, -0.2) is 0 Å². The molecule has 0 saturated carbocycles. The predicted molar refractivity (Wildman–Crippen MR) is 57.3 cm³/mol. The van der Waals surface area contributed by atoms with Gasteiger partial charge in [-0.2, -0.15) is 0 Å².